The average Bonchev–Trinajstić information content (AvgIpc) is 3.59. The van der Waals surface area contributed by atoms with E-state index in [0.29, 0.717) is 17.1 Å². The van der Waals surface area contributed by atoms with Crippen molar-refractivity contribution < 1.29 is 9.90 Å². The van der Waals surface area contributed by atoms with Crippen molar-refractivity contribution in [3.8, 4) is 22.5 Å². The molecule has 0 amide bonds. The van der Waals surface area contributed by atoms with Gasteiger partial charge in [-0.05, 0) is 63.7 Å². The zero-order valence-corrected chi connectivity index (χ0v) is 21.5. The number of unbranched alkanes of at least 4 members (excludes halogenated alkanes) is 1. The Hall–Kier alpha value is -4.04. The third kappa shape index (κ3) is 5.70. The van der Waals surface area contributed by atoms with Crippen molar-refractivity contribution >= 4 is 22.0 Å². The summed E-state index contributed by atoms with van der Waals surface area (Å²) in [6.45, 7) is 2.20. The van der Waals surface area contributed by atoms with Gasteiger partial charge >= 0.3 is 5.97 Å². The number of aromatic carboxylic acids is 1. The van der Waals surface area contributed by atoms with E-state index in [4.69, 9.17) is 0 Å². The fourth-order valence-corrected chi connectivity index (χ4v) is 6.46. The SMILES string of the molecule is CCCCC1=C(Cc2ccc(-c3ccccc3-c3nn[nH]n3)cc2)C=S(Cc2ccccc2C(=O)O)N1. The van der Waals surface area contributed by atoms with Crippen LogP contribution in [-0.4, -0.2) is 37.1 Å². The van der Waals surface area contributed by atoms with Gasteiger partial charge < -0.3 is 9.83 Å². The Bertz CT molecular complexity index is 1460. The Morgan fingerprint density at radius 3 is 2.46 bits per heavy atom. The second-order valence-corrected chi connectivity index (χ2v) is 10.6. The normalized spacial score (nSPS) is 14.9. The lowest BCUT2D eigenvalue weighted by molar-refractivity contribution is 0.0696. The second kappa shape index (κ2) is 11.3. The number of carboxylic acid groups (broad SMARTS) is 1. The number of H-pyrrole nitrogens is 1. The van der Waals surface area contributed by atoms with Gasteiger partial charge in [0, 0.05) is 17.0 Å². The first kappa shape index (κ1) is 24.6. The summed E-state index contributed by atoms with van der Waals surface area (Å²) >= 11 is 0. The number of nitrogens with one attached hydrogen (secondary N) is 2. The predicted molar refractivity (Wildman–Crippen MR) is 149 cm³/mol. The smallest absolute Gasteiger partial charge is 0.335 e. The van der Waals surface area contributed by atoms with E-state index in [0.717, 1.165) is 47.9 Å². The third-order valence-corrected chi connectivity index (χ3v) is 8.14. The van der Waals surface area contributed by atoms with Crippen LogP contribution in [0.2, 0.25) is 0 Å². The Balaban J connectivity index is 1.37. The van der Waals surface area contributed by atoms with Gasteiger partial charge in [-0.2, -0.15) is 5.21 Å². The molecular formula is C29H29N5O2S. The average molecular weight is 512 g/mol. The fourth-order valence-electron chi connectivity index (χ4n) is 4.54. The summed E-state index contributed by atoms with van der Waals surface area (Å²) in [6.07, 6.45) is 4.09. The minimum absolute atomic E-state index is 0.232. The molecule has 1 aliphatic heterocycles. The van der Waals surface area contributed by atoms with E-state index >= 15 is 0 Å². The van der Waals surface area contributed by atoms with E-state index in [1.54, 1.807) is 12.1 Å². The maximum Gasteiger partial charge on any atom is 0.335 e. The molecule has 0 bridgehead atoms. The molecule has 0 aliphatic carbocycles. The molecule has 4 aromatic rings. The van der Waals surface area contributed by atoms with E-state index in [1.165, 1.54) is 16.8 Å². The molecule has 3 N–H and O–H groups in total. The number of carbonyl (C=O) groups is 1. The van der Waals surface area contributed by atoms with Gasteiger partial charge in [0.05, 0.1) is 5.56 Å². The van der Waals surface area contributed by atoms with Crippen LogP contribution in [0.4, 0.5) is 0 Å². The lowest BCUT2D eigenvalue weighted by atomic mass is 9.96. The molecule has 1 unspecified atom stereocenters. The van der Waals surface area contributed by atoms with Gasteiger partial charge in [0.2, 0.25) is 5.82 Å². The van der Waals surface area contributed by atoms with Crippen molar-refractivity contribution in [2.24, 2.45) is 0 Å². The number of carboxylic acids is 1. The summed E-state index contributed by atoms with van der Waals surface area (Å²) in [7, 11) is -0.232. The van der Waals surface area contributed by atoms with Crippen LogP contribution in [0, 0.1) is 0 Å². The van der Waals surface area contributed by atoms with Gasteiger partial charge in [-0.25, -0.2) is 4.79 Å². The minimum Gasteiger partial charge on any atom is -0.478 e. The van der Waals surface area contributed by atoms with Crippen LogP contribution in [0.25, 0.3) is 22.5 Å². The van der Waals surface area contributed by atoms with Crippen molar-refractivity contribution in [2.75, 3.05) is 0 Å². The van der Waals surface area contributed by atoms with Crippen LogP contribution in [0.15, 0.2) is 84.1 Å². The maximum absolute atomic E-state index is 11.7. The quantitative estimate of drug-likeness (QED) is 0.225. The van der Waals surface area contributed by atoms with Crippen LogP contribution in [-0.2, 0) is 12.2 Å². The second-order valence-electron chi connectivity index (χ2n) is 9.02. The highest BCUT2D eigenvalue weighted by Crippen LogP contribution is 2.32. The summed E-state index contributed by atoms with van der Waals surface area (Å²) in [5, 5.41) is 26.4. The Labute approximate surface area is 218 Å². The zero-order valence-electron chi connectivity index (χ0n) is 20.6. The van der Waals surface area contributed by atoms with Crippen molar-refractivity contribution in [3.63, 3.8) is 0 Å². The summed E-state index contributed by atoms with van der Waals surface area (Å²) in [5.41, 5.74) is 8.17. The lowest BCUT2D eigenvalue weighted by Gasteiger charge is -2.12. The molecule has 2 heterocycles. The van der Waals surface area contributed by atoms with Crippen LogP contribution in [0.5, 0.6) is 0 Å². The molecule has 1 aromatic heterocycles. The van der Waals surface area contributed by atoms with E-state index < -0.39 is 5.97 Å². The molecular weight excluding hydrogens is 482 g/mol. The minimum atomic E-state index is -0.876. The molecule has 3 aromatic carbocycles. The first-order valence-electron chi connectivity index (χ1n) is 12.4. The van der Waals surface area contributed by atoms with Crippen molar-refractivity contribution in [2.45, 2.75) is 38.4 Å². The number of aromatic nitrogens is 4. The third-order valence-electron chi connectivity index (χ3n) is 6.44. The summed E-state index contributed by atoms with van der Waals surface area (Å²) in [4.78, 5) is 11.7. The number of rotatable bonds is 10. The molecule has 188 valence electrons. The number of hydrogen-bond donors (Lipinski definition) is 3. The topological polar surface area (TPSA) is 104 Å². The number of nitrogens with zero attached hydrogens (tertiary/aromatic N) is 3. The highest BCUT2D eigenvalue weighted by atomic mass is 32.2. The van der Waals surface area contributed by atoms with Crippen molar-refractivity contribution in [3.05, 3.63) is 101 Å². The molecule has 0 saturated carbocycles. The number of benzene rings is 3. The molecule has 0 spiro atoms. The maximum atomic E-state index is 11.7. The van der Waals surface area contributed by atoms with E-state index in [2.05, 4.69) is 68.0 Å². The largest absolute Gasteiger partial charge is 0.478 e. The van der Waals surface area contributed by atoms with Gasteiger partial charge in [-0.15, -0.1) is 10.2 Å². The van der Waals surface area contributed by atoms with Gasteiger partial charge in [-0.1, -0.05) is 90.7 Å². The standard InChI is InChI=1S/C29H29N5O2S/c1-2-3-12-27-23(19-37(32-27)18-22-8-4-5-10-25(22)29(35)36)17-20-13-15-21(16-14-20)24-9-6-7-11-26(24)28-30-33-34-31-28/h4-11,13-16,19,32H,2-3,12,17-18H2,1H3,(H,35,36)(H,30,31,33,34). The van der Waals surface area contributed by atoms with Gasteiger partial charge in [0.25, 0.3) is 0 Å². The fraction of sp³-hybridized carbons (Fsp3) is 0.207. The highest BCUT2D eigenvalue weighted by Gasteiger charge is 2.18. The molecule has 0 radical (unpaired) electrons. The first-order chi connectivity index (χ1) is 18.1. The summed E-state index contributed by atoms with van der Waals surface area (Å²) in [6, 6.07) is 24.0. The molecule has 7 nitrogen and oxygen atoms in total. The van der Waals surface area contributed by atoms with Crippen LogP contribution in [0.3, 0.4) is 0 Å². The monoisotopic (exact) mass is 511 g/mol. The molecule has 0 fully saturated rings. The molecule has 5 rings (SSSR count). The lowest BCUT2D eigenvalue weighted by Crippen LogP contribution is -2.07. The predicted octanol–water partition coefficient (Wildman–Crippen LogP) is 6.01. The Morgan fingerprint density at radius 2 is 1.73 bits per heavy atom. The van der Waals surface area contributed by atoms with Gasteiger partial charge in [0.15, 0.2) is 0 Å². The molecule has 1 aliphatic rings. The van der Waals surface area contributed by atoms with E-state index in [1.807, 2.05) is 30.3 Å². The Morgan fingerprint density at radius 1 is 0.973 bits per heavy atom. The molecule has 37 heavy (non-hydrogen) atoms. The molecule has 0 saturated heterocycles. The van der Waals surface area contributed by atoms with Crippen molar-refractivity contribution in [1.82, 2.24) is 25.3 Å². The molecule has 1 atom stereocenters. The summed E-state index contributed by atoms with van der Waals surface area (Å²) in [5.74, 6) is 0.375. The van der Waals surface area contributed by atoms with E-state index in [-0.39, 0.29) is 10.7 Å². The zero-order chi connectivity index (χ0) is 25.6. The number of aromatic amines is 1. The van der Waals surface area contributed by atoms with Crippen LogP contribution < -0.4 is 4.72 Å². The van der Waals surface area contributed by atoms with E-state index in [9.17, 15) is 9.90 Å². The highest BCUT2D eigenvalue weighted by molar-refractivity contribution is 8.13. The first-order valence-corrected chi connectivity index (χ1v) is 13.8. The number of hydrogen-bond acceptors (Lipinski definition) is 5. The van der Waals surface area contributed by atoms with Crippen LogP contribution in [0.1, 0.15) is 47.7 Å². The number of allylic oxidation sites excluding steroid dienone is 2. The van der Waals surface area contributed by atoms with Crippen LogP contribution >= 0.6 is 10.7 Å². The van der Waals surface area contributed by atoms with Gasteiger partial charge in [0.1, 0.15) is 0 Å². The Kier molecular flexibility index (Phi) is 7.56. The van der Waals surface area contributed by atoms with Crippen molar-refractivity contribution in [1.29, 1.82) is 0 Å². The van der Waals surface area contributed by atoms with Gasteiger partial charge in [-0.3, -0.25) is 0 Å². The summed E-state index contributed by atoms with van der Waals surface area (Å²) < 4.78 is 3.71. The number of tetrazole rings is 1. The molecule has 8 heteroatoms.